The maximum atomic E-state index is 6.27. The van der Waals surface area contributed by atoms with Gasteiger partial charge in [0.1, 0.15) is 17.5 Å². The second-order valence-corrected chi connectivity index (χ2v) is 7.59. The van der Waals surface area contributed by atoms with Crippen LogP contribution in [0, 0.1) is 13.8 Å². The van der Waals surface area contributed by atoms with Gasteiger partial charge in [-0.1, -0.05) is 37.6 Å². The van der Waals surface area contributed by atoms with Crippen LogP contribution in [0.2, 0.25) is 5.02 Å². The molecule has 0 atom stereocenters. The highest BCUT2D eigenvalue weighted by molar-refractivity contribution is 6.31. The number of hydrogen-bond acceptors (Lipinski definition) is 4. The molecule has 0 bridgehead atoms. The number of benzene rings is 2. The first kappa shape index (κ1) is 18.4. The minimum absolute atomic E-state index is 0.472. The lowest BCUT2D eigenvalue weighted by Gasteiger charge is -2.12. The average Bonchev–Trinajstić information content (AvgIpc) is 3.09. The van der Waals surface area contributed by atoms with Crippen LogP contribution in [0.5, 0.6) is 11.6 Å². The van der Waals surface area contributed by atoms with Crippen molar-refractivity contribution in [1.29, 1.82) is 0 Å². The normalized spacial score (nSPS) is 11.4. The third-order valence-corrected chi connectivity index (χ3v) is 5.21. The second-order valence-electron chi connectivity index (χ2n) is 7.18. The molecule has 0 radical (unpaired) electrons. The Morgan fingerprint density at radius 3 is 2.54 bits per heavy atom. The van der Waals surface area contributed by atoms with Crippen LogP contribution in [-0.2, 0) is 0 Å². The van der Waals surface area contributed by atoms with E-state index in [-0.39, 0.29) is 0 Å². The monoisotopic (exact) mass is 392 g/mol. The first-order valence-electron chi connectivity index (χ1n) is 9.17. The van der Waals surface area contributed by atoms with E-state index in [1.807, 2.05) is 37.3 Å². The van der Waals surface area contributed by atoms with E-state index in [1.165, 1.54) is 17.5 Å². The van der Waals surface area contributed by atoms with Crippen molar-refractivity contribution in [2.24, 2.45) is 0 Å². The minimum Gasteiger partial charge on any atom is -0.438 e. The summed E-state index contributed by atoms with van der Waals surface area (Å²) in [6.07, 6.45) is 3.20. The van der Waals surface area contributed by atoms with E-state index in [1.54, 1.807) is 10.9 Å². The molecule has 4 aromatic rings. The third-order valence-electron chi connectivity index (χ3n) is 4.81. The van der Waals surface area contributed by atoms with Gasteiger partial charge in [0.15, 0.2) is 5.65 Å². The molecule has 6 heteroatoms. The van der Waals surface area contributed by atoms with Crippen molar-refractivity contribution in [3.63, 3.8) is 0 Å². The van der Waals surface area contributed by atoms with Crippen molar-refractivity contribution in [1.82, 2.24) is 19.7 Å². The van der Waals surface area contributed by atoms with E-state index in [0.29, 0.717) is 22.5 Å². The van der Waals surface area contributed by atoms with Gasteiger partial charge in [0.25, 0.3) is 0 Å². The topological polar surface area (TPSA) is 52.8 Å². The van der Waals surface area contributed by atoms with Gasteiger partial charge in [-0.25, -0.2) is 14.6 Å². The van der Waals surface area contributed by atoms with Gasteiger partial charge >= 0.3 is 0 Å². The molecule has 5 nitrogen and oxygen atoms in total. The molecular weight excluding hydrogens is 372 g/mol. The van der Waals surface area contributed by atoms with E-state index in [0.717, 1.165) is 22.4 Å². The molecule has 2 aromatic heterocycles. The molecule has 0 N–H and O–H groups in total. The van der Waals surface area contributed by atoms with Gasteiger partial charge in [-0.3, -0.25) is 0 Å². The Morgan fingerprint density at radius 1 is 1.00 bits per heavy atom. The predicted molar refractivity (Wildman–Crippen MR) is 112 cm³/mol. The van der Waals surface area contributed by atoms with Crippen molar-refractivity contribution in [2.45, 2.75) is 33.6 Å². The Balaban J connectivity index is 1.72. The lowest BCUT2D eigenvalue weighted by atomic mass is 9.98. The molecule has 0 aliphatic carbocycles. The molecule has 0 unspecified atom stereocenters. The van der Waals surface area contributed by atoms with Crippen LogP contribution in [0.1, 0.15) is 36.5 Å². The molecule has 142 valence electrons. The van der Waals surface area contributed by atoms with Crippen molar-refractivity contribution < 1.29 is 4.74 Å². The fourth-order valence-electron chi connectivity index (χ4n) is 3.28. The number of rotatable bonds is 4. The second kappa shape index (κ2) is 7.24. The quantitative estimate of drug-likeness (QED) is 0.427. The summed E-state index contributed by atoms with van der Waals surface area (Å²) in [6, 6.07) is 11.9. The van der Waals surface area contributed by atoms with Gasteiger partial charge in [0.2, 0.25) is 5.88 Å². The summed E-state index contributed by atoms with van der Waals surface area (Å²) in [5.74, 6) is 1.69. The van der Waals surface area contributed by atoms with Crippen molar-refractivity contribution in [3.05, 3.63) is 70.6 Å². The molecule has 0 aliphatic heterocycles. The van der Waals surface area contributed by atoms with Gasteiger partial charge in [0.05, 0.1) is 11.9 Å². The molecule has 2 heterocycles. The van der Waals surface area contributed by atoms with Gasteiger partial charge in [0, 0.05) is 5.02 Å². The van der Waals surface area contributed by atoms with E-state index in [2.05, 4.69) is 41.9 Å². The highest BCUT2D eigenvalue weighted by Crippen LogP contribution is 2.30. The van der Waals surface area contributed by atoms with Crippen LogP contribution in [0.4, 0.5) is 0 Å². The number of hydrogen-bond donors (Lipinski definition) is 0. The summed E-state index contributed by atoms with van der Waals surface area (Å²) < 4.78 is 7.81. The number of aromatic nitrogens is 4. The van der Waals surface area contributed by atoms with Crippen LogP contribution in [-0.4, -0.2) is 19.7 Å². The zero-order chi connectivity index (χ0) is 19.8. The van der Waals surface area contributed by atoms with Crippen molar-refractivity contribution in [3.8, 4) is 17.3 Å². The smallest absolute Gasteiger partial charge is 0.233 e. The molecule has 0 fully saturated rings. The Labute approximate surface area is 169 Å². The summed E-state index contributed by atoms with van der Waals surface area (Å²) >= 11 is 6.27. The van der Waals surface area contributed by atoms with Crippen molar-refractivity contribution in [2.75, 3.05) is 0 Å². The summed E-state index contributed by atoms with van der Waals surface area (Å²) in [5, 5.41) is 5.90. The largest absolute Gasteiger partial charge is 0.438 e. The molecule has 0 saturated carbocycles. The van der Waals surface area contributed by atoms with E-state index in [4.69, 9.17) is 16.3 Å². The first-order valence-corrected chi connectivity index (χ1v) is 9.55. The summed E-state index contributed by atoms with van der Waals surface area (Å²) in [5.41, 5.74) is 5.03. The Bertz CT molecular complexity index is 1170. The molecule has 0 saturated heterocycles. The Kier molecular flexibility index (Phi) is 4.77. The zero-order valence-corrected chi connectivity index (χ0v) is 17.0. The van der Waals surface area contributed by atoms with Gasteiger partial charge < -0.3 is 4.74 Å². The zero-order valence-electron chi connectivity index (χ0n) is 16.3. The SMILES string of the molecule is Cc1ccc(-n2ncc3c(Oc4ccc(C(C)C)c(C)c4)ncnc32)cc1Cl. The van der Waals surface area contributed by atoms with E-state index < -0.39 is 0 Å². The summed E-state index contributed by atoms with van der Waals surface area (Å²) in [4.78, 5) is 8.71. The van der Waals surface area contributed by atoms with E-state index in [9.17, 15) is 0 Å². The van der Waals surface area contributed by atoms with Crippen LogP contribution >= 0.6 is 11.6 Å². The van der Waals surface area contributed by atoms with Gasteiger partial charge in [-0.2, -0.15) is 5.10 Å². The summed E-state index contributed by atoms with van der Waals surface area (Å²) in [6.45, 7) is 8.43. The molecule has 28 heavy (non-hydrogen) atoms. The van der Waals surface area contributed by atoms with Gasteiger partial charge in [-0.05, 0) is 60.7 Å². The lowest BCUT2D eigenvalue weighted by Crippen LogP contribution is -1.99. The number of nitrogens with zero attached hydrogens (tertiary/aromatic N) is 4. The lowest BCUT2D eigenvalue weighted by molar-refractivity contribution is 0.467. The maximum absolute atomic E-state index is 6.27. The Hall–Kier alpha value is -2.92. The molecule has 4 rings (SSSR count). The third kappa shape index (κ3) is 3.34. The molecule has 0 spiro atoms. The van der Waals surface area contributed by atoms with Crippen LogP contribution in [0.25, 0.3) is 16.7 Å². The van der Waals surface area contributed by atoms with Crippen LogP contribution in [0.3, 0.4) is 0 Å². The van der Waals surface area contributed by atoms with Gasteiger partial charge in [-0.15, -0.1) is 0 Å². The fourth-order valence-corrected chi connectivity index (χ4v) is 3.45. The molecule has 0 aliphatic rings. The molecule has 2 aromatic carbocycles. The minimum atomic E-state index is 0.472. The highest BCUT2D eigenvalue weighted by Gasteiger charge is 2.14. The average molecular weight is 393 g/mol. The standard InChI is InChI=1S/C22H21ClN4O/c1-13(2)18-8-7-17(9-15(18)4)28-22-19-11-26-27(21(19)24-12-25-22)16-6-5-14(3)20(23)10-16/h5-13H,1-4H3. The van der Waals surface area contributed by atoms with Crippen molar-refractivity contribution >= 4 is 22.6 Å². The number of halogens is 1. The van der Waals surface area contributed by atoms with E-state index >= 15 is 0 Å². The predicted octanol–water partition coefficient (Wildman–Crippen LogP) is 6.00. The maximum Gasteiger partial charge on any atom is 0.233 e. The number of aryl methyl sites for hydroxylation is 2. The molecule has 0 amide bonds. The Morgan fingerprint density at radius 2 is 1.82 bits per heavy atom. The first-order chi connectivity index (χ1) is 13.4. The molecular formula is C22H21ClN4O. The number of fused-ring (bicyclic) bond motifs is 1. The highest BCUT2D eigenvalue weighted by atomic mass is 35.5. The fraction of sp³-hybridized carbons (Fsp3) is 0.227. The number of ether oxygens (including phenoxy) is 1. The van der Waals surface area contributed by atoms with Crippen LogP contribution < -0.4 is 4.74 Å². The summed E-state index contributed by atoms with van der Waals surface area (Å²) in [7, 11) is 0. The van der Waals surface area contributed by atoms with Crippen LogP contribution in [0.15, 0.2) is 48.9 Å².